The summed E-state index contributed by atoms with van der Waals surface area (Å²) in [6, 6.07) is 0.346. The molecular weight excluding hydrogens is 379 g/mol. The lowest BCUT2D eigenvalue weighted by Gasteiger charge is -2.32. The molecule has 2 rings (SSSR count). The van der Waals surface area contributed by atoms with Gasteiger partial charge in [0.15, 0.2) is 11.7 Å². The predicted molar refractivity (Wildman–Crippen MR) is 101 cm³/mol. The van der Waals surface area contributed by atoms with Crippen molar-refractivity contribution in [1.82, 2.24) is 20.5 Å². The quantitative estimate of drug-likeness (QED) is 0.512. The van der Waals surface area contributed by atoms with E-state index >= 15 is 0 Å². The van der Waals surface area contributed by atoms with E-state index in [2.05, 4.69) is 25.5 Å². The summed E-state index contributed by atoms with van der Waals surface area (Å²) in [4.78, 5) is 10.5. The van der Waals surface area contributed by atoms with Crippen molar-refractivity contribution in [2.75, 3.05) is 46.4 Å². The first-order chi connectivity index (χ1) is 12.9. The third-order valence-corrected chi connectivity index (χ3v) is 5.23. The fourth-order valence-corrected chi connectivity index (χ4v) is 3.65. The van der Waals surface area contributed by atoms with E-state index < -0.39 is 11.9 Å². The van der Waals surface area contributed by atoms with E-state index in [-0.39, 0.29) is 0 Å². The van der Waals surface area contributed by atoms with E-state index in [0.717, 1.165) is 62.3 Å². The van der Waals surface area contributed by atoms with Gasteiger partial charge in [-0.1, -0.05) is 0 Å². The molecule has 2 N–H and O–H groups in total. The molecule has 1 saturated heterocycles. The lowest BCUT2D eigenvalue weighted by atomic mass is 10.1. The molecule has 0 aliphatic carbocycles. The normalized spacial score (nSPS) is 17.3. The lowest BCUT2D eigenvalue weighted by Crippen LogP contribution is -2.49. The highest BCUT2D eigenvalue weighted by molar-refractivity contribution is 7.09. The Balaban J connectivity index is 1.79. The molecule has 0 radical (unpaired) electrons. The topological polar surface area (TPSA) is 61.8 Å². The average Bonchev–Trinajstić information content (AvgIpc) is 3.11. The van der Waals surface area contributed by atoms with Gasteiger partial charge in [-0.25, -0.2) is 4.98 Å². The van der Waals surface area contributed by atoms with E-state index in [1.165, 1.54) is 0 Å². The van der Waals surface area contributed by atoms with Crippen LogP contribution in [0.25, 0.3) is 0 Å². The zero-order valence-electron chi connectivity index (χ0n) is 15.8. The molecule has 1 fully saturated rings. The number of likely N-dealkylation sites (tertiary alicyclic amines) is 1. The molecule has 6 nitrogen and oxygen atoms in total. The Hall–Kier alpha value is -1.39. The Morgan fingerprint density at radius 1 is 1.41 bits per heavy atom. The van der Waals surface area contributed by atoms with Crippen LogP contribution in [0.3, 0.4) is 0 Å². The molecule has 27 heavy (non-hydrogen) atoms. The number of alkyl halides is 3. The molecule has 0 saturated carbocycles. The smallest absolute Gasteiger partial charge is 0.383 e. The molecule has 10 heteroatoms. The predicted octanol–water partition coefficient (Wildman–Crippen LogP) is 2.37. The van der Waals surface area contributed by atoms with Crippen LogP contribution in [0.2, 0.25) is 0 Å². The molecule has 0 spiro atoms. The lowest BCUT2D eigenvalue weighted by molar-refractivity contribution is -0.140. The first-order valence-electron chi connectivity index (χ1n) is 9.20. The van der Waals surface area contributed by atoms with Gasteiger partial charge in [-0.15, -0.1) is 11.3 Å². The second-order valence-electron chi connectivity index (χ2n) is 6.39. The average molecular weight is 408 g/mol. The van der Waals surface area contributed by atoms with Crippen LogP contribution in [0.1, 0.15) is 30.5 Å². The van der Waals surface area contributed by atoms with Crippen molar-refractivity contribution in [3.8, 4) is 0 Å². The summed E-state index contributed by atoms with van der Waals surface area (Å²) in [5.74, 6) is 0.709. The fourth-order valence-electron chi connectivity index (χ4n) is 2.85. The van der Waals surface area contributed by atoms with Gasteiger partial charge in [0.05, 0.1) is 11.6 Å². The molecule has 1 aliphatic heterocycles. The van der Waals surface area contributed by atoms with Crippen molar-refractivity contribution in [1.29, 1.82) is 0 Å². The summed E-state index contributed by atoms with van der Waals surface area (Å²) < 4.78 is 42.9. The Kier molecular flexibility index (Phi) is 8.78. The van der Waals surface area contributed by atoms with Crippen molar-refractivity contribution in [2.45, 2.75) is 38.4 Å². The fraction of sp³-hybridized carbons (Fsp3) is 0.765. The minimum absolute atomic E-state index is 0.346. The molecule has 1 aromatic heterocycles. The second-order valence-corrected chi connectivity index (χ2v) is 7.33. The first-order valence-corrected chi connectivity index (χ1v) is 10.1. The standard InChI is InChI=1S/C17H28F3N5OS/c1-3-21-16(23-13-5-8-25(9-6-13)10-11-26-2)22-7-4-15-24-14(12-27-15)17(18,19)20/h12-13H,3-11H2,1-2H3,(H2,21,22,23). The number of ether oxygens (including phenoxy) is 1. The molecule has 154 valence electrons. The largest absolute Gasteiger partial charge is 0.434 e. The molecule has 0 unspecified atom stereocenters. The second kappa shape index (κ2) is 10.8. The molecular formula is C17H28F3N5OS. The monoisotopic (exact) mass is 407 g/mol. The van der Waals surface area contributed by atoms with Crippen molar-refractivity contribution in [3.05, 3.63) is 16.1 Å². The third-order valence-electron chi connectivity index (χ3n) is 4.32. The number of halogens is 3. The number of aromatic nitrogens is 1. The van der Waals surface area contributed by atoms with E-state index in [1.807, 2.05) is 6.92 Å². The summed E-state index contributed by atoms with van der Waals surface area (Å²) in [6.45, 7) is 6.83. The van der Waals surface area contributed by atoms with E-state index in [9.17, 15) is 13.2 Å². The van der Waals surface area contributed by atoms with Crippen LogP contribution in [-0.2, 0) is 17.3 Å². The van der Waals surface area contributed by atoms with Crippen LogP contribution in [-0.4, -0.2) is 68.3 Å². The minimum atomic E-state index is -4.38. The molecule has 1 aromatic rings. The highest BCUT2D eigenvalue weighted by Crippen LogP contribution is 2.30. The van der Waals surface area contributed by atoms with Gasteiger partial charge >= 0.3 is 6.18 Å². The third kappa shape index (κ3) is 7.63. The summed E-state index contributed by atoms with van der Waals surface area (Å²) in [6.07, 6.45) is -1.94. The van der Waals surface area contributed by atoms with Crippen molar-refractivity contribution >= 4 is 17.3 Å². The number of hydrogen-bond donors (Lipinski definition) is 2. The zero-order valence-corrected chi connectivity index (χ0v) is 16.6. The number of rotatable bonds is 8. The van der Waals surface area contributed by atoms with Crippen LogP contribution in [0.4, 0.5) is 13.2 Å². The number of methoxy groups -OCH3 is 1. The Morgan fingerprint density at radius 2 is 2.15 bits per heavy atom. The van der Waals surface area contributed by atoms with E-state index in [4.69, 9.17) is 4.74 Å². The van der Waals surface area contributed by atoms with Gasteiger partial charge in [0, 0.05) is 57.7 Å². The van der Waals surface area contributed by atoms with Crippen LogP contribution in [0, 0.1) is 0 Å². The summed E-state index contributed by atoms with van der Waals surface area (Å²) in [5.41, 5.74) is -0.822. The number of piperidine rings is 1. The number of guanidine groups is 1. The highest BCUT2D eigenvalue weighted by atomic mass is 32.1. The summed E-state index contributed by atoms with van der Waals surface area (Å²) >= 11 is 1.03. The van der Waals surface area contributed by atoms with Crippen LogP contribution in [0.15, 0.2) is 10.4 Å². The summed E-state index contributed by atoms with van der Waals surface area (Å²) in [5, 5.41) is 8.14. The van der Waals surface area contributed by atoms with E-state index in [1.54, 1.807) is 7.11 Å². The van der Waals surface area contributed by atoms with Crippen LogP contribution >= 0.6 is 11.3 Å². The van der Waals surface area contributed by atoms with Gasteiger partial charge in [0.25, 0.3) is 0 Å². The molecule has 0 amide bonds. The highest BCUT2D eigenvalue weighted by Gasteiger charge is 2.33. The van der Waals surface area contributed by atoms with Crippen molar-refractivity contribution < 1.29 is 17.9 Å². The van der Waals surface area contributed by atoms with Gasteiger partial charge in [-0.05, 0) is 19.8 Å². The maximum absolute atomic E-state index is 12.6. The van der Waals surface area contributed by atoms with Crippen LogP contribution in [0.5, 0.6) is 0 Å². The molecule has 0 aromatic carbocycles. The minimum Gasteiger partial charge on any atom is -0.383 e. The first kappa shape index (κ1) is 21.9. The molecule has 1 aliphatic rings. The van der Waals surface area contributed by atoms with Gasteiger partial charge in [-0.2, -0.15) is 13.2 Å². The number of thiazole rings is 1. The zero-order chi connectivity index (χ0) is 19.7. The van der Waals surface area contributed by atoms with Gasteiger partial charge < -0.3 is 20.3 Å². The van der Waals surface area contributed by atoms with Crippen molar-refractivity contribution in [3.63, 3.8) is 0 Å². The molecule has 2 heterocycles. The molecule has 0 atom stereocenters. The number of nitrogens with zero attached hydrogens (tertiary/aromatic N) is 3. The van der Waals surface area contributed by atoms with Gasteiger partial charge in [-0.3, -0.25) is 4.99 Å². The van der Waals surface area contributed by atoms with Crippen LogP contribution < -0.4 is 10.6 Å². The van der Waals surface area contributed by atoms with E-state index in [0.29, 0.717) is 30.0 Å². The van der Waals surface area contributed by atoms with Crippen molar-refractivity contribution in [2.24, 2.45) is 4.99 Å². The Labute approximate surface area is 162 Å². The molecule has 0 bridgehead atoms. The number of hydrogen-bond acceptors (Lipinski definition) is 5. The van der Waals surface area contributed by atoms with Gasteiger partial charge in [0.1, 0.15) is 0 Å². The summed E-state index contributed by atoms with van der Waals surface area (Å²) in [7, 11) is 1.71. The Bertz CT molecular complexity index is 585. The SMILES string of the molecule is CCNC(=NCCc1nc(C(F)(F)F)cs1)NC1CCN(CCOC)CC1. The maximum Gasteiger partial charge on any atom is 0.434 e. The Morgan fingerprint density at radius 3 is 2.74 bits per heavy atom. The number of nitrogens with one attached hydrogen (secondary N) is 2. The number of aliphatic imine (C=N–C) groups is 1. The maximum atomic E-state index is 12.6. The van der Waals surface area contributed by atoms with Gasteiger partial charge in [0.2, 0.25) is 0 Å².